The van der Waals surface area contributed by atoms with Crippen LogP contribution in [0, 0.1) is 0 Å². The number of nitrogens with zero attached hydrogens (tertiary/aromatic N) is 2. The smallest absolute Gasteiger partial charge is 0.263 e. The minimum atomic E-state index is -0.0559. The van der Waals surface area contributed by atoms with Gasteiger partial charge in [0.25, 0.3) is 5.56 Å². The lowest BCUT2D eigenvalue weighted by Crippen LogP contribution is -2.38. The molecule has 0 saturated carbocycles. The van der Waals surface area contributed by atoms with Crippen molar-refractivity contribution in [1.29, 1.82) is 0 Å². The van der Waals surface area contributed by atoms with Crippen LogP contribution in [0.1, 0.15) is 25.3 Å². The second-order valence-corrected chi connectivity index (χ2v) is 5.92. The van der Waals surface area contributed by atoms with Crippen LogP contribution in [0.3, 0.4) is 0 Å². The van der Waals surface area contributed by atoms with Crippen molar-refractivity contribution in [2.45, 2.75) is 19.8 Å². The van der Waals surface area contributed by atoms with Gasteiger partial charge in [-0.15, -0.1) is 11.3 Å². The number of hydrazine groups is 1. The molecule has 6 nitrogen and oxygen atoms in total. The molecule has 0 atom stereocenters. The first kappa shape index (κ1) is 14.7. The zero-order valence-corrected chi connectivity index (χ0v) is 13.4. The fourth-order valence-corrected chi connectivity index (χ4v) is 2.95. The second-order valence-electron chi connectivity index (χ2n) is 4.65. The molecule has 20 heavy (non-hydrogen) atoms. The Labute approximate surface area is 126 Å². The van der Waals surface area contributed by atoms with Crippen LogP contribution in [0.2, 0.25) is 0 Å². The number of hydrogen-bond donors (Lipinski definition) is 3. The molecule has 0 aliphatic rings. The molecule has 8 heteroatoms. The SMILES string of the molecule is CNC(=S)NNc1nc2scc(C(C)C)c2c(=O)n1C. The number of thiocarbonyl (C=S) groups is 1. The van der Waals surface area contributed by atoms with Gasteiger partial charge in [0, 0.05) is 14.1 Å². The number of fused-ring (bicyclic) bond motifs is 1. The predicted octanol–water partition coefficient (Wildman–Crippen LogP) is 1.54. The third-order valence-corrected chi connectivity index (χ3v) is 4.18. The molecule has 0 aromatic carbocycles. The van der Waals surface area contributed by atoms with Gasteiger partial charge in [-0.2, -0.15) is 0 Å². The molecule has 0 saturated heterocycles. The van der Waals surface area contributed by atoms with Crippen LogP contribution in [0.4, 0.5) is 5.95 Å². The molecule has 2 heterocycles. The van der Waals surface area contributed by atoms with Crippen molar-refractivity contribution in [3.63, 3.8) is 0 Å². The van der Waals surface area contributed by atoms with Crippen LogP contribution in [-0.4, -0.2) is 21.7 Å². The fourth-order valence-electron chi connectivity index (χ4n) is 1.80. The van der Waals surface area contributed by atoms with Crippen molar-refractivity contribution >= 4 is 44.8 Å². The van der Waals surface area contributed by atoms with Crippen LogP contribution in [0.5, 0.6) is 0 Å². The first-order valence-electron chi connectivity index (χ1n) is 6.17. The van der Waals surface area contributed by atoms with E-state index in [1.54, 1.807) is 14.1 Å². The topological polar surface area (TPSA) is 71.0 Å². The van der Waals surface area contributed by atoms with Crippen molar-refractivity contribution in [3.05, 3.63) is 21.3 Å². The van der Waals surface area contributed by atoms with Crippen molar-refractivity contribution in [1.82, 2.24) is 20.3 Å². The first-order valence-corrected chi connectivity index (χ1v) is 7.46. The Morgan fingerprint density at radius 1 is 1.50 bits per heavy atom. The van der Waals surface area contributed by atoms with Gasteiger partial charge >= 0.3 is 0 Å². The van der Waals surface area contributed by atoms with Crippen LogP contribution in [0.15, 0.2) is 10.2 Å². The summed E-state index contributed by atoms with van der Waals surface area (Å²) < 4.78 is 1.48. The maximum atomic E-state index is 12.5. The van der Waals surface area contributed by atoms with E-state index in [1.165, 1.54) is 15.9 Å². The number of nitrogens with one attached hydrogen (secondary N) is 3. The number of thiophene rings is 1. The molecule has 0 aliphatic carbocycles. The molecule has 3 N–H and O–H groups in total. The lowest BCUT2D eigenvalue weighted by atomic mass is 10.0. The zero-order chi connectivity index (χ0) is 14.9. The van der Waals surface area contributed by atoms with Crippen LogP contribution >= 0.6 is 23.6 Å². The number of anilines is 1. The van der Waals surface area contributed by atoms with Gasteiger partial charge in [-0.1, -0.05) is 13.8 Å². The molecule has 2 aromatic rings. The quantitative estimate of drug-likeness (QED) is 0.590. The number of aromatic nitrogens is 2. The molecule has 108 valence electrons. The number of hydrogen-bond acceptors (Lipinski definition) is 5. The summed E-state index contributed by atoms with van der Waals surface area (Å²) >= 11 is 6.45. The van der Waals surface area contributed by atoms with E-state index in [4.69, 9.17) is 12.2 Å². The van der Waals surface area contributed by atoms with Gasteiger partial charge < -0.3 is 5.32 Å². The van der Waals surface area contributed by atoms with E-state index in [1.807, 2.05) is 5.38 Å². The Morgan fingerprint density at radius 2 is 2.20 bits per heavy atom. The monoisotopic (exact) mass is 311 g/mol. The van der Waals surface area contributed by atoms with Crippen molar-refractivity contribution in [2.24, 2.45) is 7.05 Å². The van der Waals surface area contributed by atoms with Gasteiger partial charge in [-0.3, -0.25) is 20.2 Å². The minimum Gasteiger partial charge on any atom is -0.364 e. The van der Waals surface area contributed by atoms with E-state index in [2.05, 4.69) is 35.0 Å². The summed E-state index contributed by atoms with van der Waals surface area (Å²) in [6.07, 6.45) is 0. The highest BCUT2D eigenvalue weighted by Gasteiger charge is 2.15. The minimum absolute atomic E-state index is 0.0559. The van der Waals surface area contributed by atoms with Gasteiger partial charge in [0.05, 0.1) is 5.39 Å². The average molecular weight is 311 g/mol. The molecule has 2 aromatic heterocycles. The van der Waals surface area contributed by atoms with Gasteiger partial charge in [-0.05, 0) is 29.1 Å². The highest BCUT2D eigenvalue weighted by Crippen LogP contribution is 2.28. The predicted molar refractivity (Wildman–Crippen MR) is 87.4 cm³/mol. The van der Waals surface area contributed by atoms with Crippen LogP contribution in [0.25, 0.3) is 10.2 Å². The molecule has 0 spiro atoms. The maximum absolute atomic E-state index is 12.5. The average Bonchev–Trinajstić information content (AvgIpc) is 2.84. The molecule has 2 rings (SSSR count). The zero-order valence-electron chi connectivity index (χ0n) is 11.8. The van der Waals surface area contributed by atoms with E-state index in [0.717, 1.165) is 10.4 Å². The van der Waals surface area contributed by atoms with E-state index < -0.39 is 0 Å². The van der Waals surface area contributed by atoms with Gasteiger partial charge in [0.15, 0.2) is 5.11 Å². The van der Waals surface area contributed by atoms with E-state index >= 15 is 0 Å². The van der Waals surface area contributed by atoms with Crippen molar-refractivity contribution in [3.8, 4) is 0 Å². The highest BCUT2D eigenvalue weighted by molar-refractivity contribution is 7.80. The molecule has 0 fully saturated rings. The van der Waals surface area contributed by atoms with Gasteiger partial charge in [0.1, 0.15) is 4.83 Å². The standard InChI is InChI=1S/C12H17N5OS2/c1-6(2)7-5-20-9-8(7)10(18)17(4)11(14-9)15-16-12(19)13-3/h5-6H,1-4H3,(H,14,15)(H2,13,16,19). The summed E-state index contributed by atoms with van der Waals surface area (Å²) in [7, 11) is 3.39. The first-order chi connectivity index (χ1) is 9.45. The Bertz CT molecular complexity index is 704. The van der Waals surface area contributed by atoms with E-state index in [-0.39, 0.29) is 5.56 Å². The van der Waals surface area contributed by atoms with Crippen molar-refractivity contribution < 1.29 is 0 Å². The summed E-state index contributed by atoms with van der Waals surface area (Å²) in [5, 5.41) is 5.90. The largest absolute Gasteiger partial charge is 0.364 e. The lowest BCUT2D eigenvalue weighted by molar-refractivity contribution is 0.823. The highest BCUT2D eigenvalue weighted by atomic mass is 32.1. The third kappa shape index (κ3) is 2.61. The molecule has 0 radical (unpaired) electrons. The summed E-state index contributed by atoms with van der Waals surface area (Å²) in [6, 6.07) is 0. The summed E-state index contributed by atoms with van der Waals surface area (Å²) in [4.78, 5) is 17.7. The Morgan fingerprint density at radius 3 is 2.80 bits per heavy atom. The third-order valence-electron chi connectivity index (χ3n) is 2.98. The molecular formula is C12H17N5OS2. The molecular weight excluding hydrogens is 294 g/mol. The van der Waals surface area contributed by atoms with Gasteiger partial charge in [-0.25, -0.2) is 4.98 Å². The van der Waals surface area contributed by atoms with E-state index in [9.17, 15) is 4.79 Å². The van der Waals surface area contributed by atoms with Gasteiger partial charge in [0.2, 0.25) is 5.95 Å². The Kier molecular flexibility index (Phi) is 4.24. The molecule has 0 bridgehead atoms. The lowest BCUT2D eigenvalue weighted by Gasteiger charge is -2.12. The fraction of sp³-hybridized carbons (Fsp3) is 0.417. The Hall–Kier alpha value is -1.67. The second kappa shape index (κ2) is 5.76. The maximum Gasteiger partial charge on any atom is 0.263 e. The molecule has 0 unspecified atom stereocenters. The van der Waals surface area contributed by atoms with Crippen molar-refractivity contribution in [2.75, 3.05) is 12.5 Å². The summed E-state index contributed by atoms with van der Waals surface area (Å²) in [5.41, 5.74) is 6.59. The molecule has 0 amide bonds. The Balaban J connectivity index is 2.47. The van der Waals surface area contributed by atoms with Crippen LogP contribution in [-0.2, 0) is 7.05 Å². The summed E-state index contributed by atoms with van der Waals surface area (Å²) in [5.74, 6) is 0.726. The molecule has 0 aliphatic heterocycles. The van der Waals surface area contributed by atoms with E-state index in [0.29, 0.717) is 22.4 Å². The normalized spacial score (nSPS) is 10.8. The summed E-state index contributed by atoms with van der Waals surface area (Å²) in [6.45, 7) is 4.14. The van der Waals surface area contributed by atoms with Crippen LogP contribution < -0.4 is 21.7 Å². The number of rotatable bonds is 3.